The number of para-hydroxylation sites is 1. The van der Waals surface area contributed by atoms with Crippen LogP contribution in [0.1, 0.15) is 11.8 Å². The molecule has 1 aliphatic heterocycles. The molecule has 0 spiro atoms. The molecule has 2 unspecified atom stereocenters. The Bertz CT molecular complexity index is 752. The lowest BCUT2D eigenvalue weighted by atomic mass is 10.1. The molecule has 1 fully saturated rings. The van der Waals surface area contributed by atoms with Crippen molar-refractivity contribution < 1.29 is 8.94 Å². The van der Waals surface area contributed by atoms with E-state index in [2.05, 4.69) is 10.1 Å². The third kappa shape index (κ3) is 1.83. The van der Waals surface area contributed by atoms with Crippen molar-refractivity contribution in [2.45, 2.75) is 12.0 Å². The number of rotatable bonds is 2. The van der Waals surface area contributed by atoms with Crippen molar-refractivity contribution in [3.8, 4) is 11.4 Å². The lowest BCUT2D eigenvalue weighted by Gasteiger charge is -2.07. The van der Waals surface area contributed by atoms with Crippen molar-refractivity contribution in [1.82, 2.24) is 10.1 Å². The predicted octanol–water partition coefficient (Wildman–Crippen LogP) is 2.64. The molecule has 1 aliphatic rings. The van der Waals surface area contributed by atoms with Crippen LogP contribution in [-0.2, 0) is 0 Å². The summed E-state index contributed by atoms with van der Waals surface area (Å²) in [5.74, 6) is 3.22. The van der Waals surface area contributed by atoms with Crippen LogP contribution in [0.4, 0.5) is 0 Å². The number of fused-ring (bicyclic) bond motifs is 1. The third-order valence-electron chi connectivity index (χ3n) is 3.61. The van der Waals surface area contributed by atoms with Crippen LogP contribution >= 0.6 is 11.8 Å². The maximum absolute atomic E-state index is 6.06. The Labute approximate surface area is 119 Å². The van der Waals surface area contributed by atoms with Crippen molar-refractivity contribution in [2.24, 2.45) is 5.73 Å². The highest BCUT2D eigenvalue weighted by Gasteiger charge is 2.31. The van der Waals surface area contributed by atoms with E-state index in [0.29, 0.717) is 11.7 Å². The van der Waals surface area contributed by atoms with Gasteiger partial charge in [0.15, 0.2) is 0 Å². The van der Waals surface area contributed by atoms with Crippen LogP contribution in [-0.4, -0.2) is 27.7 Å². The van der Waals surface area contributed by atoms with Gasteiger partial charge >= 0.3 is 0 Å². The van der Waals surface area contributed by atoms with E-state index in [4.69, 9.17) is 14.7 Å². The van der Waals surface area contributed by atoms with E-state index < -0.39 is 0 Å². The molecule has 20 heavy (non-hydrogen) atoms. The molecule has 0 bridgehead atoms. The minimum absolute atomic E-state index is 0.0920. The summed E-state index contributed by atoms with van der Waals surface area (Å²) in [5, 5.41) is 5.07. The van der Waals surface area contributed by atoms with Crippen molar-refractivity contribution >= 4 is 22.7 Å². The standard InChI is InChI=1S/C14H13N3O2S/c15-11-7-20-6-10(11)14-16-13(17-19-14)9-5-18-12-4-2-1-3-8(9)12/h1-5,10-11H,6-7,15H2. The van der Waals surface area contributed by atoms with Gasteiger partial charge in [-0.15, -0.1) is 0 Å². The van der Waals surface area contributed by atoms with Crippen LogP contribution in [0.25, 0.3) is 22.4 Å². The lowest BCUT2D eigenvalue weighted by molar-refractivity contribution is 0.352. The first-order valence-electron chi connectivity index (χ1n) is 6.46. The van der Waals surface area contributed by atoms with Gasteiger partial charge in [0.05, 0.1) is 11.5 Å². The molecule has 0 amide bonds. The fraction of sp³-hybridized carbons (Fsp3) is 0.286. The Morgan fingerprint density at radius 1 is 1.25 bits per heavy atom. The van der Waals surface area contributed by atoms with Gasteiger partial charge in [-0.3, -0.25) is 0 Å². The molecule has 1 saturated heterocycles. The molecule has 4 rings (SSSR count). The maximum atomic E-state index is 6.06. The van der Waals surface area contributed by atoms with E-state index in [1.807, 2.05) is 36.0 Å². The van der Waals surface area contributed by atoms with Gasteiger partial charge in [0, 0.05) is 22.9 Å². The van der Waals surface area contributed by atoms with E-state index in [0.717, 1.165) is 28.0 Å². The first kappa shape index (κ1) is 12.0. The van der Waals surface area contributed by atoms with E-state index in [1.54, 1.807) is 6.26 Å². The highest BCUT2D eigenvalue weighted by atomic mass is 32.2. The van der Waals surface area contributed by atoms with Gasteiger partial charge in [0.2, 0.25) is 11.7 Å². The molecule has 2 aromatic heterocycles. The Kier molecular flexibility index (Phi) is 2.78. The molecule has 2 N–H and O–H groups in total. The van der Waals surface area contributed by atoms with Crippen molar-refractivity contribution in [1.29, 1.82) is 0 Å². The quantitative estimate of drug-likeness (QED) is 0.780. The summed E-state index contributed by atoms with van der Waals surface area (Å²) in [5.41, 5.74) is 7.74. The summed E-state index contributed by atoms with van der Waals surface area (Å²) < 4.78 is 10.9. The number of nitrogens with two attached hydrogens (primary N) is 1. The summed E-state index contributed by atoms with van der Waals surface area (Å²) in [6.45, 7) is 0. The topological polar surface area (TPSA) is 78.1 Å². The molecular weight excluding hydrogens is 274 g/mol. The average molecular weight is 287 g/mol. The third-order valence-corrected chi connectivity index (χ3v) is 4.82. The number of nitrogens with zero attached hydrogens (tertiary/aromatic N) is 2. The fourth-order valence-corrected chi connectivity index (χ4v) is 3.76. The first-order valence-corrected chi connectivity index (χ1v) is 7.62. The molecule has 0 radical (unpaired) electrons. The van der Waals surface area contributed by atoms with E-state index >= 15 is 0 Å². The number of benzene rings is 1. The Morgan fingerprint density at radius 3 is 3.00 bits per heavy atom. The molecule has 2 atom stereocenters. The number of hydrogen-bond acceptors (Lipinski definition) is 6. The second-order valence-corrected chi connectivity index (χ2v) is 5.98. The molecule has 102 valence electrons. The van der Waals surface area contributed by atoms with Crippen LogP contribution in [0, 0.1) is 0 Å². The van der Waals surface area contributed by atoms with Gasteiger partial charge in [0.1, 0.15) is 11.8 Å². The summed E-state index contributed by atoms with van der Waals surface area (Å²) in [7, 11) is 0. The van der Waals surface area contributed by atoms with E-state index in [9.17, 15) is 0 Å². The molecule has 0 aliphatic carbocycles. The van der Waals surface area contributed by atoms with Crippen molar-refractivity contribution in [2.75, 3.05) is 11.5 Å². The zero-order valence-corrected chi connectivity index (χ0v) is 11.5. The lowest BCUT2D eigenvalue weighted by Crippen LogP contribution is -2.26. The first-order chi connectivity index (χ1) is 9.83. The van der Waals surface area contributed by atoms with Crippen molar-refractivity contribution in [3.63, 3.8) is 0 Å². The SMILES string of the molecule is NC1CSCC1c1nc(-c2coc3ccccc23)no1. The Hall–Kier alpha value is -1.79. The molecule has 5 nitrogen and oxygen atoms in total. The highest BCUT2D eigenvalue weighted by molar-refractivity contribution is 7.99. The summed E-state index contributed by atoms with van der Waals surface area (Å²) in [6, 6.07) is 7.90. The molecule has 1 aromatic carbocycles. The van der Waals surface area contributed by atoms with Crippen LogP contribution in [0.15, 0.2) is 39.5 Å². The minimum atomic E-state index is 0.0920. The summed E-state index contributed by atoms with van der Waals surface area (Å²) in [4.78, 5) is 4.50. The maximum Gasteiger partial charge on any atom is 0.232 e. The predicted molar refractivity (Wildman–Crippen MR) is 77.5 cm³/mol. The largest absolute Gasteiger partial charge is 0.464 e. The number of aromatic nitrogens is 2. The number of furan rings is 1. The normalized spacial score (nSPS) is 22.6. The van der Waals surface area contributed by atoms with Gasteiger partial charge in [-0.05, 0) is 6.07 Å². The Balaban J connectivity index is 1.74. The summed E-state index contributed by atoms with van der Waals surface area (Å²) >= 11 is 1.82. The zero-order valence-electron chi connectivity index (χ0n) is 10.7. The fourth-order valence-electron chi connectivity index (χ4n) is 2.47. The second-order valence-electron chi connectivity index (χ2n) is 4.91. The monoisotopic (exact) mass is 287 g/mol. The van der Waals surface area contributed by atoms with Gasteiger partial charge in [-0.2, -0.15) is 16.7 Å². The summed E-state index contributed by atoms with van der Waals surface area (Å²) in [6.07, 6.45) is 1.67. The molecule has 0 saturated carbocycles. The minimum Gasteiger partial charge on any atom is -0.464 e. The highest BCUT2D eigenvalue weighted by Crippen LogP contribution is 2.33. The van der Waals surface area contributed by atoms with Gasteiger partial charge in [-0.25, -0.2) is 0 Å². The number of thioether (sulfide) groups is 1. The van der Waals surface area contributed by atoms with E-state index in [-0.39, 0.29) is 12.0 Å². The van der Waals surface area contributed by atoms with Crippen LogP contribution in [0.5, 0.6) is 0 Å². The molecule has 6 heteroatoms. The van der Waals surface area contributed by atoms with Gasteiger partial charge < -0.3 is 14.7 Å². The smallest absolute Gasteiger partial charge is 0.232 e. The van der Waals surface area contributed by atoms with E-state index in [1.165, 1.54) is 0 Å². The number of hydrogen-bond donors (Lipinski definition) is 1. The van der Waals surface area contributed by atoms with Crippen LogP contribution in [0.2, 0.25) is 0 Å². The van der Waals surface area contributed by atoms with Crippen LogP contribution < -0.4 is 5.73 Å². The van der Waals surface area contributed by atoms with Crippen molar-refractivity contribution in [3.05, 3.63) is 36.4 Å². The zero-order chi connectivity index (χ0) is 13.5. The van der Waals surface area contributed by atoms with Gasteiger partial charge in [0.25, 0.3) is 0 Å². The van der Waals surface area contributed by atoms with Crippen LogP contribution in [0.3, 0.4) is 0 Å². The van der Waals surface area contributed by atoms with Gasteiger partial charge in [-0.1, -0.05) is 23.4 Å². The molecular formula is C14H13N3O2S. The average Bonchev–Trinajstić information content (AvgIpc) is 3.15. The molecule has 3 heterocycles. The second kappa shape index (κ2) is 4.64. The molecule has 3 aromatic rings. The Morgan fingerprint density at radius 2 is 2.15 bits per heavy atom.